The Morgan fingerprint density at radius 1 is 0.619 bits per heavy atom. The summed E-state index contributed by atoms with van der Waals surface area (Å²) in [5.41, 5.74) is 2.90. The second-order valence-corrected chi connectivity index (χ2v) is 5.37. The maximum absolute atomic E-state index is 13.7. The summed E-state index contributed by atoms with van der Waals surface area (Å²) >= 11 is 0. The first kappa shape index (κ1) is 13.6. The predicted molar refractivity (Wildman–Crippen MR) is 84.8 cm³/mol. The van der Waals surface area contributed by atoms with E-state index in [-0.39, 0.29) is 11.2 Å². The van der Waals surface area contributed by atoms with E-state index < -0.39 is 0 Å². The Balaban J connectivity index is 2.25. The summed E-state index contributed by atoms with van der Waals surface area (Å²) in [6.07, 6.45) is 0. The van der Waals surface area contributed by atoms with Crippen LogP contribution in [-0.4, -0.2) is 0 Å². The minimum Gasteiger partial charge on any atom is -0.207 e. The van der Waals surface area contributed by atoms with E-state index in [4.69, 9.17) is 0 Å². The smallest absolute Gasteiger partial charge is 0.123 e. The van der Waals surface area contributed by atoms with Crippen molar-refractivity contribution in [2.24, 2.45) is 0 Å². The number of halogens is 1. The quantitative estimate of drug-likeness (QED) is 0.578. The van der Waals surface area contributed by atoms with Crippen molar-refractivity contribution in [2.75, 3.05) is 0 Å². The van der Waals surface area contributed by atoms with Crippen LogP contribution in [0.25, 0.3) is 0 Å². The number of hydrogen-bond donors (Lipinski definition) is 0. The fourth-order valence-electron chi connectivity index (χ4n) is 2.84. The summed E-state index contributed by atoms with van der Waals surface area (Å²) in [6, 6.07) is 27.3. The number of hydrogen-bond acceptors (Lipinski definition) is 0. The molecule has 0 amide bonds. The molecule has 104 valence electrons. The molecule has 0 atom stereocenters. The lowest BCUT2D eigenvalue weighted by Crippen LogP contribution is -2.25. The van der Waals surface area contributed by atoms with E-state index in [2.05, 4.69) is 31.2 Å². The highest BCUT2D eigenvalue weighted by Crippen LogP contribution is 2.38. The molecular weight excluding hydrogens is 259 g/mol. The molecule has 0 spiro atoms. The highest BCUT2D eigenvalue weighted by atomic mass is 19.1. The molecule has 0 aliphatic heterocycles. The minimum absolute atomic E-state index is 0.203. The van der Waals surface area contributed by atoms with Crippen LogP contribution < -0.4 is 0 Å². The van der Waals surface area contributed by atoms with Crippen LogP contribution in [0.4, 0.5) is 4.39 Å². The summed E-state index contributed by atoms with van der Waals surface area (Å²) in [7, 11) is 0. The van der Waals surface area contributed by atoms with Gasteiger partial charge in [0.25, 0.3) is 0 Å². The van der Waals surface area contributed by atoms with Crippen molar-refractivity contribution in [1.82, 2.24) is 0 Å². The lowest BCUT2D eigenvalue weighted by molar-refractivity contribution is 0.614. The highest BCUT2D eigenvalue weighted by Gasteiger charge is 2.30. The molecule has 0 aromatic heterocycles. The van der Waals surface area contributed by atoms with Gasteiger partial charge in [0.05, 0.1) is 0 Å². The van der Waals surface area contributed by atoms with Crippen molar-refractivity contribution in [3.63, 3.8) is 0 Å². The third kappa shape index (κ3) is 2.47. The normalized spacial score (nSPS) is 11.3. The zero-order valence-corrected chi connectivity index (χ0v) is 12.0. The van der Waals surface area contributed by atoms with Gasteiger partial charge in [-0.05, 0) is 35.7 Å². The van der Waals surface area contributed by atoms with Gasteiger partial charge in [-0.15, -0.1) is 0 Å². The first-order valence-corrected chi connectivity index (χ1v) is 7.08. The van der Waals surface area contributed by atoms with E-state index in [1.165, 1.54) is 6.07 Å². The van der Waals surface area contributed by atoms with Gasteiger partial charge in [0.1, 0.15) is 5.82 Å². The van der Waals surface area contributed by atoms with Crippen molar-refractivity contribution in [3.05, 3.63) is 107 Å². The van der Waals surface area contributed by atoms with Gasteiger partial charge < -0.3 is 0 Å². The number of benzene rings is 3. The molecule has 0 saturated carbocycles. The summed E-state index contributed by atoms with van der Waals surface area (Å²) in [5.74, 6) is -0.203. The Bertz CT molecular complexity index is 678. The molecule has 0 aliphatic rings. The predicted octanol–water partition coefficient (Wildman–Crippen LogP) is 5.18. The van der Waals surface area contributed by atoms with Crippen LogP contribution in [0.15, 0.2) is 84.9 Å². The minimum atomic E-state index is -0.370. The van der Waals surface area contributed by atoms with Gasteiger partial charge in [0.2, 0.25) is 0 Å². The van der Waals surface area contributed by atoms with Gasteiger partial charge in [-0.3, -0.25) is 0 Å². The summed E-state index contributed by atoms with van der Waals surface area (Å²) in [6.45, 7) is 2.15. The molecule has 21 heavy (non-hydrogen) atoms. The van der Waals surface area contributed by atoms with Crippen molar-refractivity contribution in [3.8, 4) is 0 Å². The van der Waals surface area contributed by atoms with Crippen LogP contribution in [0.5, 0.6) is 0 Å². The van der Waals surface area contributed by atoms with Gasteiger partial charge >= 0.3 is 0 Å². The fourth-order valence-corrected chi connectivity index (χ4v) is 2.84. The van der Waals surface area contributed by atoms with Crippen molar-refractivity contribution in [2.45, 2.75) is 12.3 Å². The Morgan fingerprint density at radius 2 is 1.10 bits per heavy atom. The standard InChI is InChI=1S/C20H17F/c1-20(16-9-4-2-5-10-16,17-11-6-3-7-12-17)18-13-8-14-19(21)15-18/h2-15H,1H3. The Kier molecular flexibility index (Phi) is 3.57. The molecule has 0 fully saturated rings. The molecule has 0 bridgehead atoms. The van der Waals surface area contributed by atoms with E-state index in [9.17, 15) is 4.39 Å². The van der Waals surface area contributed by atoms with Crippen LogP contribution >= 0.6 is 0 Å². The first-order valence-electron chi connectivity index (χ1n) is 7.08. The van der Waals surface area contributed by atoms with Gasteiger partial charge in [-0.1, -0.05) is 72.8 Å². The van der Waals surface area contributed by atoms with Gasteiger partial charge in [-0.25, -0.2) is 4.39 Å². The molecule has 3 aromatic carbocycles. The van der Waals surface area contributed by atoms with E-state index in [0.29, 0.717) is 0 Å². The molecule has 0 heterocycles. The second-order valence-electron chi connectivity index (χ2n) is 5.37. The molecule has 0 radical (unpaired) electrons. The first-order chi connectivity index (χ1) is 10.2. The van der Waals surface area contributed by atoms with E-state index in [1.54, 1.807) is 12.1 Å². The molecule has 3 aromatic rings. The van der Waals surface area contributed by atoms with E-state index in [1.807, 2.05) is 42.5 Å². The topological polar surface area (TPSA) is 0 Å². The molecule has 3 rings (SSSR count). The third-order valence-electron chi connectivity index (χ3n) is 4.10. The second kappa shape index (κ2) is 5.53. The van der Waals surface area contributed by atoms with E-state index >= 15 is 0 Å². The molecule has 0 aliphatic carbocycles. The van der Waals surface area contributed by atoms with Crippen LogP contribution in [0.2, 0.25) is 0 Å². The van der Waals surface area contributed by atoms with Crippen molar-refractivity contribution >= 4 is 0 Å². The van der Waals surface area contributed by atoms with Gasteiger partial charge in [0.15, 0.2) is 0 Å². The van der Waals surface area contributed by atoms with E-state index in [0.717, 1.165) is 16.7 Å². The summed E-state index contributed by atoms with van der Waals surface area (Å²) < 4.78 is 13.7. The number of rotatable bonds is 3. The Hall–Kier alpha value is -2.41. The monoisotopic (exact) mass is 276 g/mol. The molecule has 0 unspecified atom stereocenters. The van der Waals surface area contributed by atoms with Crippen LogP contribution in [-0.2, 0) is 5.41 Å². The van der Waals surface area contributed by atoms with Gasteiger partial charge in [0, 0.05) is 5.41 Å². The fraction of sp³-hybridized carbons (Fsp3) is 0.100. The lowest BCUT2D eigenvalue weighted by atomic mass is 9.71. The maximum Gasteiger partial charge on any atom is 0.123 e. The Labute approximate surface area is 124 Å². The maximum atomic E-state index is 13.7. The van der Waals surface area contributed by atoms with Crippen LogP contribution in [0.1, 0.15) is 23.6 Å². The largest absolute Gasteiger partial charge is 0.207 e. The molecule has 0 nitrogen and oxygen atoms in total. The zero-order chi connectivity index (χ0) is 14.7. The molecule has 0 N–H and O–H groups in total. The molecule has 1 heteroatoms. The van der Waals surface area contributed by atoms with Crippen molar-refractivity contribution in [1.29, 1.82) is 0 Å². The zero-order valence-electron chi connectivity index (χ0n) is 12.0. The SMILES string of the molecule is CC(c1ccccc1)(c1ccccc1)c1cccc(F)c1. The third-order valence-corrected chi connectivity index (χ3v) is 4.10. The average molecular weight is 276 g/mol. The van der Waals surface area contributed by atoms with Crippen molar-refractivity contribution < 1.29 is 4.39 Å². The molecular formula is C20H17F. The van der Waals surface area contributed by atoms with Crippen LogP contribution in [0.3, 0.4) is 0 Å². The lowest BCUT2D eigenvalue weighted by Gasteiger charge is -2.32. The van der Waals surface area contributed by atoms with Gasteiger partial charge in [-0.2, -0.15) is 0 Å². The van der Waals surface area contributed by atoms with Crippen LogP contribution in [0, 0.1) is 5.82 Å². The average Bonchev–Trinajstić information content (AvgIpc) is 2.56. The highest BCUT2D eigenvalue weighted by molar-refractivity contribution is 5.49. The summed E-state index contributed by atoms with van der Waals surface area (Å²) in [4.78, 5) is 0. The Morgan fingerprint density at radius 3 is 1.57 bits per heavy atom. The summed E-state index contributed by atoms with van der Waals surface area (Å²) in [5, 5.41) is 0. The molecule has 0 saturated heterocycles.